The minimum absolute atomic E-state index is 0.567. The molecule has 0 aromatic carbocycles. The van der Waals surface area contributed by atoms with E-state index in [1.807, 2.05) is 0 Å². The maximum absolute atomic E-state index is 8.43. The van der Waals surface area contributed by atoms with Crippen LogP contribution in [0.4, 0.5) is 0 Å². The van der Waals surface area contributed by atoms with E-state index >= 15 is 0 Å². The van der Waals surface area contributed by atoms with Crippen molar-refractivity contribution < 1.29 is 0 Å². The summed E-state index contributed by atoms with van der Waals surface area (Å²) in [4.78, 5) is 2.39. The Morgan fingerprint density at radius 3 is 2.71 bits per heavy atom. The van der Waals surface area contributed by atoms with Crippen molar-refractivity contribution in [3.05, 3.63) is 0 Å². The maximum atomic E-state index is 8.43. The van der Waals surface area contributed by atoms with Crippen LogP contribution in [0, 0.1) is 17.2 Å². The van der Waals surface area contributed by atoms with Crippen LogP contribution in [0.1, 0.15) is 26.2 Å². The summed E-state index contributed by atoms with van der Waals surface area (Å²) < 4.78 is 0. The van der Waals surface area contributed by atoms with Crippen molar-refractivity contribution >= 4 is 0 Å². The first-order valence-corrected chi connectivity index (χ1v) is 5.53. The van der Waals surface area contributed by atoms with Crippen molar-refractivity contribution in [2.24, 2.45) is 5.92 Å². The fraction of sp³-hybridized carbons (Fsp3) is 0.909. The Balaban J connectivity index is 2.17. The highest BCUT2D eigenvalue weighted by molar-refractivity contribution is 4.80. The molecule has 1 aliphatic rings. The average molecular weight is 195 g/mol. The molecule has 0 spiro atoms. The topological polar surface area (TPSA) is 39.1 Å². The second-order valence-electron chi connectivity index (χ2n) is 4.29. The summed E-state index contributed by atoms with van der Waals surface area (Å²) in [6.45, 7) is 5.52. The quantitative estimate of drug-likeness (QED) is 0.686. The van der Waals surface area contributed by atoms with Gasteiger partial charge in [0.25, 0.3) is 0 Å². The average Bonchev–Trinajstić information content (AvgIpc) is 2.19. The van der Waals surface area contributed by atoms with Gasteiger partial charge in [-0.15, -0.1) is 0 Å². The molecule has 1 fully saturated rings. The SMILES string of the molecule is CC(NCCC#N)C1CCN(C)CC1. The Labute approximate surface area is 87.1 Å². The zero-order valence-electron chi connectivity index (χ0n) is 9.29. The number of nitrogens with zero attached hydrogens (tertiary/aromatic N) is 2. The van der Waals surface area contributed by atoms with Crippen LogP contribution in [-0.2, 0) is 0 Å². The lowest BCUT2D eigenvalue weighted by Crippen LogP contribution is -2.40. The van der Waals surface area contributed by atoms with E-state index in [0.29, 0.717) is 12.5 Å². The standard InChI is InChI=1S/C11H21N3/c1-10(13-7-3-6-12)11-4-8-14(2)9-5-11/h10-11,13H,3-5,7-9H2,1-2H3. The van der Waals surface area contributed by atoms with Crippen LogP contribution in [0.15, 0.2) is 0 Å². The molecule has 1 saturated heterocycles. The van der Waals surface area contributed by atoms with E-state index in [4.69, 9.17) is 5.26 Å². The first-order chi connectivity index (χ1) is 6.74. The molecule has 3 nitrogen and oxygen atoms in total. The Bertz CT molecular complexity index is 189. The number of hydrogen-bond acceptors (Lipinski definition) is 3. The van der Waals surface area contributed by atoms with Gasteiger partial charge in [0.1, 0.15) is 0 Å². The first kappa shape index (κ1) is 11.5. The highest BCUT2D eigenvalue weighted by Gasteiger charge is 2.21. The van der Waals surface area contributed by atoms with Gasteiger partial charge in [-0.3, -0.25) is 0 Å². The van der Waals surface area contributed by atoms with Crippen LogP contribution in [0.2, 0.25) is 0 Å². The summed E-state index contributed by atoms with van der Waals surface area (Å²) in [5, 5.41) is 11.9. The van der Waals surface area contributed by atoms with Crippen LogP contribution in [-0.4, -0.2) is 37.6 Å². The molecular formula is C11H21N3. The third-order valence-electron chi connectivity index (χ3n) is 3.17. The molecule has 1 unspecified atom stereocenters. The Morgan fingerprint density at radius 2 is 2.14 bits per heavy atom. The normalized spacial score (nSPS) is 21.8. The van der Waals surface area contributed by atoms with E-state index < -0.39 is 0 Å². The largest absolute Gasteiger partial charge is 0.313 e. The van der Waals surface area contributed by atoms with Gasteiger partial charge in [0.05, 0.1) is 6.07 Å². The van der Waals surface area contributed by atoms with Gasteiger partial charge in [-0.25, -0.2) is 0 Å². The summed E-state index contributed by atoms with van der Waals surface area (Å²) >= 11 is 0. The van der Waals surface area contributed by atoms with Crippen LogP contribution < -0.4 is 5.32 Å². The van der Waals surface area contributed by atoms with Gasteiger partial charge in [0, 0.05) is 19.0 Å². The van der Waals surface area contributed by atoms with E-state index in [-0.39, 0.29) is 0 Å². The van der Waals surface area contributed by atoms with E-state index in [2.05, 4.69) is 30.3 Å². The molecule has 0 aliphatic carbocycles. The monoisotopic (exact) mass is 195 g/mol. The minimum Gasteiger partial charge on any atom is -0.313 e. The molecule has 14 heavy (non-hydrogen) atoms. The maximum Gasteiger partial charge on any atom is 0.0635 e. The molecule has 0 aromatic heterocycles. The molecule has 1 aliphatic heterocycles. The Kier molecular flexibility index (Phi) is 4.92. The predicted molar refractivity (Wildman–Crippen MR) is 57.9 cm³/mol. The van der Waals surface area contributed by atoms with Crippen molar-refractivity contribution in [2.45, 2.75) is 32.2 Å². The molecule has 0 saturated carbocycles. The van der Waals surface area contributed by atoms with Crippen LogP contribution >= 0.6 is 0 Å². The molecule has 1 N–H and O–H groups in total. The van der Waals surface area contributed by atoms with E-state index in [9.17, 15) is 0 Å². The van der Waals surface area contributed by atoms with Crippen LogP contribution in [0.25, 0.3) is 0 Å². The van der Waals surface area contributed by atoms with Gasteiger partial charge in [-0.05, 0) is 45.8 Å². The first-order valence-electron chi connectivity index (χ1n) is 5.53. The number of rotatable bonds is 4. The lowest BCUT2D eigenvalue weighted by molar-refractivity contribution is 0.190. The number of piperidine rings is 1. The van der Waals surface area contributed by atoms with Gasteiger partial charge in [-0.1, -0.05) is 0 Å². The lowest BCUT2D eigenvalue weighted by atomic mass is 9.90. The van der Waals surface area contributed by atoms with Crippen molar-refractivity contribution in [1.82, 2.24) is 10.2 Å². The van der Waals surface area contributed by atoms with Gasteiger partial charge >= 0.3 is 0 Å². The Hall–Kier alpha value is -0.590. The molecule has 80 valence electrons. The second-order valence-corrected chi connectivity index (χ2v) is 4.29. The zero-order chi connectivity index (χ0) is 10.4. The highest BCUT2D eigenvalue weighted by atomic mass is 15.1. The summed E-state index contributed by atoms with van der Waals surface area (Å²) in [6, 6.07) is 2.73. The fourth-order valence-corrected chi connectivity index (χ4v) is 2.05. The van der Waals surface area contributed by atoms with Crippen LogP contribution in [0.3, 0.4) is 0 Å². The van der Waals surface area contributed by atoms with Crippen molar-refractivity contribution in [3.63, 3.8) is 0 Å². The third kappa shape index (κ3) is 3.65. The van der Waals surface area contributed by atoms with Gasteiger partial charge in [0.2, 0.25) is 0 Å². The van der Waals surface area contributed by atoms with Gasteiger partial charge in [0.15, 0.2) is 0 Å². The van der Waals surface area contributed by atoms with Crippen molar-refractivity contribution in [1.29, 1.82) is 5.26 Å². The zero-order valence-corrected chi connectivity index (χ0v) is 9.29. The highest BCUT2D eigenvalue weighted by Crippen LogP contribution is 2.19. The molecule has 1 atom stereocenters. The molecule has 0 aromatic rings. The molecule has 1 rings (SSSR count). The lowest BCUT2D eigenvalue weighted by Gasteiger charge is -2.33. The van der Waals surface area contributed by atoms with E-state index in [1.165, 1.54) is 25.9 Å². The predicted octanol–water partition coefficient (Wildman–Crippen LogP) is 1.22. The number of likely N-dealkylation sites (tertiary alicyclic amines) is 1. The van der Waals surface area contributed by atoms with Crippen molar-refractivity contribution in [3.8, 4) is 6.07 Å². The second kappa shape index (κ2) is 6.00. The Morgan fingerprint density at radius 1 is 1.50 bits per heavy atom. The molecule has 1 heterocycles. The van der Waals surface area contributed by atoms with Gasteiger partial charge in [-0.2, -0.15) is 5.26 Å². The molecule has 0 amide bonds. The third-order valence-corrected chi connectivity index (χ3v) is 3.17. The molecule has 0 bridgehead atoms. The number of hydrogen-bond donors (Lipinski definition) is 1. The van der Waals surface area contributed by atoms with Crippen LogP contribution in [0.5, 0.6) is 0 Å². The summed E-state index contributed by atoms with van der Waals surface area (Å²) in [5.74, 6) is 0.796. The molecule has 0 radical (unpaired) electrons. The minimum atomic E-state index is 0.567. The summed E-state index contributed by atoms with van der Waals surface area (Å²) in [7, 11) is 2.18. The van der Waals surface area contributed by atoms with Crippen molar-refractivity contribution in [2.75, 3.05) is 26.7 Å². The van der Waals surface area contributed by atoms with Gasteiger partial charge < -0.3 is 10.2 Å². The molecule has 3 heteroatoms. The smallest absolute Gasteiger partial charge is 0.0635 e. The summed E-state index contributed by atoms with van der Waals surface area (Å²) in [6.07, 6.45) is 3.20. The molecular weight excluding hydrogens is 174 g/mol. The number of nitrogens with one attached hydrogen (secondary N) is 1. The number of nitriles is 1. The van der Waals surface area contributed by atoms with E-state index in [0.717, 1.165) is 12.5 Å². The van der Waals surface area contributed by atoms with E-state index in [1.54, 1.807) is 0 Å². The summed E-state index contributed by atoms with van der Waals surface area (Å²) in [5.41, 5.74) is 0. The fourth-order valence-electron chi connectivity index (χ4n) is 2.05.